The van der Waals surface area contributed by atoms with Crippen LogP contribution in [0.15, 0.2) is 12.2 Å². The van der Waals surface area contributed by atoms with Crippen LogP contribution in [0.1, 0.15) is 65.2 Å². The van der Waals surface area contributed by atoms with Crippen LogP contribution in [0.2, 0.25) is 0 Å². The largest absolute Gasteiger partial charge is 0.396 e. The third-order valence-electron chi connectivity index (χ3n) is 4.34. The van der Waals surface area contributed by atoms with Crippen molar-refractivity contribution in [2.45, 2.75) is 65.2 Å². The van der Waals surface area contributed by atoms with Crippen LogP contribution >= 0.6 is 0 Å². The standard InChI is InChI=1S/C15H28O/c1-3-5-9-12-15(4-2,13-16)14-10-7-6-8-11-14/h7,10,14,16H,3-6,8-9,11-13H2,1-2H3/t14-,15-/m0/s1. The lowest BCUT2D eigenvalue weighted by Crippen LogP contribution is -2.33. The molecule has 0 heterocycles. The second-order valence-corrected chi connectivity index (χ2v) is 5.30. The van der Waals surface area contributed by atoms with Gasteiger partial charge in [-0.3, -0.25) is 0 Å². The molecule has 0 bridgehead atoms. The first-order valence-electron chi connectivity index (χ1n) is 7.06. The molecule has 0 radical (unpaired) electrons. The first kappa shape index (κ1) is 13.8. The zero-order chi connectivity index (χ0) is 11.9. The minimum absolute atomic E-state index is 0.173. The van der Waals surface area contributed by atoms with Gasteiger partial charge in [-0.15, -0.1) is 0 Å². The molecule has 0 saturated carbocycles. The zero-order valence-electron chi connectivity index (χ0n) is 11.0. The smallest absolute Gasteiger partial charge is 0.0492 e. The Labute approximate surface area is 101 Å². The Balaban J connectivity index is 2.61. The molecule has 1 nitrogen and oxygen atoms in total. The van der Waals surface area contributed by atoms with Gasteiger partial charge in [0.1, 0.15) is 0 Å². The van der Waals surface area contributed by atoms with Gasteiger partial charge in [0, 0.05) is 6.61 Å². The predicted molar refractivity (Wildman–Crippen MR) is 70.4 cm³/mol. The zero-order valence-corrected chi connectivity index (χ0v) is 11.0. The van der Waals surface area contributed by atoms with Crippen LogP contribution in [0.25, 0.3) is 0 Å². The molecule has 0 spiro atoms. The van der Waals surface area contributed by atoms with E-state index in [4.69, 9.17) is 0 Å². The third-order valence-corrected chi connectivity index (χ3v) is 4.34. The van der Waals surface area contributed by atoms with Gasteiger partial charge in [-0.1, -0.05) is 45.3 Å². The van der Waals surface area contributed by atoms with Crippen LogP contribution in [-0.2, 0) is 0 Å². The molecule has 1 aliphatic carbocycles. The summed E-state index contributed by atoms with van der Waals surface area (Å²) in [7, 11) is 0. The summed E-state index contributed by atoms with van der Waals surface area (Å²) in [5.41, 5.74) is 0.173. The normalized spacial score (nSPS) is 24.3. The van der Waals surface area contributed by atoms with Crippen LogP contribution in [0, 0.1) is 11.3 Å². The average Bonchev–Trinajstić information content (AvgIpc) is 2.36. The number of aliphatic hydroxyl groups is 1. The van der Waals surface area contributed by atoms with Crippen molar-refractivity contribution in [2.24, 2.45) is 11.3 Å². The molecule has 16 heavy (non-hydrogen) atoms. The average molecular weight is 224 g/mol. The van der Waals surface area contributed by atoms with E-state index < -0.39 is 0 Å². The van der Waals surface area contributed by atoms with Crippen LogP contribution < -0.4 is 0 Å². The highest BCUT2D eigenvalue weighted by Gasteiger charge is 2.34. The summed E-state index contributed by atoms with van der Waals surface area (Å²) >= 11 is 0. The molecule has 0 aromatic heterocycles. The van der Waals surface area contributed by atoms with Gasteiger partial charge < -0.3 is 5.11 Å². The van der Waals surface area contributed by atoms with Gasteiger partial charge in [0.2, 0.25) is 0 Å². The van der Waals surface area contributed by atoms with Gasteiger partial charge in [0.25, 0.3) is 0 Å². The SMILES string of the molecule is CCCCC[C@@](CC)(CO)[C@H]1C=CCCC1. The van der Waals surface area contributed by atoms with E-state index in [9.17, 15) is 5.11 Å². The van der Waals surface area contributed by atoms with Crippen molar-refractivity contribution in [2.75, 3.05) is 6.61 Å². The fourth-order valence-corrected chi connectivity index (χ4v) is 2.98. The van der Waals surface area contributed by atoms with E-state index in [-0.39, 0.29) is 5.41 Å². The number of allylic oxidation sites excluding steroid dienone is 2. The maximum atomic E-state index is 9.79. The maximum absolute atomic E-state index is 9.79. The van der Waals surface area contributed by atoms with Gasteiger partial charge in [-0.2, -0.15) is 0 Å². The lowest BCUT2D eigenvalue weighted by Gasteiger charge is -2.39. The summed E-state index contributed by atoms with van der Waals surface area (Å²) in [6, 6.07) is 0. The first-order chi connectivity index (χ1) is 7.79. The topological polar surface area (TPSA) is 20.2 Å². The Hall–Kier alpha value is -0.300. The van der Waals surface area contributed by atoms with E-state index in [2.05, 4.69) is 26.0 Å². The number of rotatable bonds is 7. The summed E-state index contributed by atoms with van der Waals surface area (Å²) in [4.78, 5) is 0. The van der Waals surface area contributed by atoms with Gasteiger partial charge in [0.15, 0.2) is 0 Å². The molecule has 94 valence electrons. The lowest BCUT2D eigenvalue weighted by molar-refractivity contribution is 0.0580. The second-order valence-electron chi connectivity index (χ2n) is 5.30. The minimum atomic E-state index is 0.173. The van der Waals surface area contributed by atoms with E-state index in [1.165, 1.54) is 44.9 Å². The molecule has 0 fully saturated rings. The Kier molecular flexibility index (Phi) is 6.12. The van der Waals surface area contributed by atoms with E-state index in [0.717, 1.165) is 6.42 Å². The maximum Gasteiger partial charge on any atom is 0.0492 e. The van der Waals surface area contributed by atoms with E-state index in [0.29, 0.717) is 12.5 Å². The number of hydrogen-bond acceptors (Lipinski definition) is 1. The quantitative estimate of drug-likeness (QED) is 0.504. The monoisotopic (exact) mass is 224 g/mol. The summed E-state index contributed by atoms with van der Waals surface area (Å²) in [5, 5.41) is 9.79. The molecule has 1 aliphatic rings. The molecule has 1 rings (SSSR count). The van der Waals surface area contributed by atoms with Crippen molar-refractivity contribution in [3.05, 3.63) is 12.2 Å². The van der Waals surface area contributed by atoms with Crippen molar-refractivity contribution < 1.29 is 5.11 Å². The van der Waals surface area contributed by atoms with Crippen molar-refractivity contribution in [1.29, 1.82) is 0 Å². The lowest BCUT2D eigenvalue weighted by atomic mass is 9.67. The highest BCUT2D eigenvalue weighted by Crippen LogP contribution is 2.41. The van der Waals surface area contributed by atoms with Crippen LogP contribution in [0.4, 0.5) is 0 Å². The molecule has 0 aliphatic heterocycles. The summed E-state index contributed by atoms with van der Waals surface area (Å²) in [6.45, 7) is 4.85. The van der Waals surface area contributed by atoms with Gasteiger partial charge in [0.05, 0.1) is 0 Å². The third kappa shape index (κ3) is 3.35. The van der Waals surface area contributed by atoms with Gasteiger partial charge in [-0.05, 0) is 43.4 Å². The summed E-state index contributed by atoms with van der Waals surface area (Å²) in [5.74, 6) is 0.619. The van der Waals surface area contributed by atoms with Crippen molar-refractivity contribution >= 4 is 0 Å². The Morgan fingerprint density at radius 3 is 2.62 bits per heavy atom. The summed E-state index contributed by atoms with van der Waals surface area (Å²) < 4.78 is 0. The van der Waals surface area contributed by atoms with Crippen molar-refractivity contribution in [3.8, 4) is 0 Å². The van der Waals surface area contributed by atoms with E-state index in [1.807, 2.05) is 0 Å². The van der Waals surface area contributed by atoms with E-state index in [1.54, 1.807) is 0 Å². The molecular formula is C15H28O. The summed E-state index contributed by atoms with van der Waals surface area (Å²) in [6.07, 6.45) is 14.7. The second kappa shape index (κ2) is 7.11. The molecule has 0 aromatic carbocycles. The molecule has 0 aromatic rings. The molecule has 0 amide bonds. The molecule has 2 atom stereocenters. The highest BCUT2D eigenvalue weighted by atomic mass is 16.3. The Morgan fingerprint density at radius 1 is 1.31 bits per heavy atom. The minimum Gasteiger partial charge on any atom is -0.396 e. The number of aliphatic hydroxyl groups excluding tert-OH is 1. The van der Waals surface area contributed by atoms with Crippen molar-refractivity contribution in [3.63, 3.8) is 0 Å². The first-order valence-corrected chi connectivity index (χ1v) is 7.06. The Bertz CT molecular complexity index is 203. The fourth-order valence-electron chi connectivity index (χ4n) is 2.98. The fraction of sp³-hybridized carbons (Fsp3) is 0.867. The molecule has 1 heteroatoms. The molecule has 0 saturated heterocycles. The van der Waals surface area contributed by atoms with E-state index >= 15 is 0 Å². The molecular weight excluding hydrogens is 196 g/mol. The number of hydrogen-bond donors (Lipinski definition) is 1. The number of unbranched alkanes of at least 4 members (excludes halogenated alkanes) is 2. The van der Waals surface area contributed by atoms with Crippen LogP contribution in [0.5, 0.6) is 0 Å². The highest BCUT2D eigenvalue weighted by molar-refractivity contribution is 5.01. The van der Waals surface area contributed by atoms with Gasteiger partial charge in [-0.25, -0.2) is 0 Å². The predicted octanol–water partition coefficient (Wildman–Crippen LogP) is 4.31. The van der Waals surface area contributed by atoms with Gasteiger partial charge >= 0.3 is 0 Å². The van der Waals surface area contributed by atoms with Crippen molar-refractivity contribution in [1.82, 2.24) is 0 Å². The van der Waals surface area contributed by atoms with Crippen LogP contribution in [-0.4, -0.2) is 11.7 Å². The molecule has 0 unspecified atom stereocenters. The molecule has 1 N–H and O–H groups in total. The van der Waals surface area contributed by atoms with Crippen LogP contribution in [0.3, 0.4) is 0 Å². The Morgan fingerprint density at radius 2 is 2.12 bits per heavy atom.